The van der Waals surface area contributed by atoms with Gasteiger partial charge < -0.3 is 0 Å². The second kappa shape index (κ2) is 2.18. The molecule has 0 saturated carbocycles. The van der Waals surface area contributed by atoms with Crippen molar-refractivity contribution in [2.45, 2.75) is 6.92 Å². The Morgan fingerprint density at radius 2 is 2.50 bits per heavy atom. The molecule has 0 aromatic heterocycles. The molecule has 2 nitrogen and oxygen atoms in total. The summed E-state index contributed by atoms with van der Waals surface area (Å²) >= 11 is 0.404. The molecule has 10 heavy (non-hydrogen) atoms. The molecule has 0 fully saturated rings. The number of nitrogens with one attached hydrogen (secondary N) is 1. The van der Waals surface area contributed by atoms with Crippen LogP contribution in [0.5, 0.6) is 0 Å². The van der Waals surface area contributed by atoms with Crippen LogP contribution in [0.3, 0.4) is 0 Å². The van der Waals surface area contributed by atoms with E-state index in [1.165, 1.54) is 11.3 Å². The van der Waals surface area contributed by atoms with E-state index in [-0.39, 0.29) is 0 Å². The molecule has 0 aromatic rings. The molecule has 0 bridgehead atoms. The molecule has 0 radical (unpaired) electrons. The van der Waals surface area contributed by atoms with Gasteiger partial charge in [-0.15, -0.1) is 0 Å². The number of fused-ring (bicyclic) bond motifs is 1. The van der Waals surface area contributed by atoms with Gasteiger partial charge >= 0.3 is 66.4 Å². The minimum atomic E-state index is 0.404. The van der Waals surface area contributed by atoms with Crippen LogP contribution in [0.1, 0.15) is 6.92 Å². The van der Waals surface area contributed by atoms with E-state index >= 15 is 0 Å². The van der Waals surface area contributed by atoms with E-state index in [4.69, 9.17) is 0 Å². The Morgan fingerprint density at radius 3 is 3.30 bits per heavy atom. The summed E-state index contributed by atoms with van der Waals surface area (Å²) in [5, 5.41) is 0. The molecule has 0 atom stereocenters. The summed E-state index contributed by atoms with van der Waals surface area (Å²) in [7, 11) is 0. The second-order valence-corrected chi connectivity index (χ2v) is 3.96. The number of hydrogen-bond donors (Lipinski definition) is 1. The fraction of sp³-hybridized carbons (Fsp3) is 0.143. The zero-order valence-electron chi connectivity index (χ0n) is 5.66. The van der Waals surface area contributed by atoms with Gasteiger partial charge in [-0.25, -0.2) is 0 Å². The molecule has 52 valence electrons. The molecule has 0 amide bonds. The van der Waals surface area contributed by atoms with Crippen LogP contribution in [0, 0.1) is 0 Å². The van der Waals surface area contributed by atoms with Crippen LogP contribution >= 0.6 is 0 Å². The Bertz CT molecular complexity index is 240. The van der Waals surface area contributed by atoms with Gasteiger partial charge in [-0.05, 0) is 0 Å². The molecule has 0 aromatic carbocycles. The van der Waals surface area contributed by atoms with Crippen LogP contribution < -0.4 is 4.33 Å². The van der Waals surface area contributed by atoms with Crippen molar-refractivity contribution in [3.05, 3.63) is 35.8 Å². The zero-order chi connectivity index (χ0) is 6.97. The number of hydrogen-bond acceptors (Lipinski definition) is 2. The van der Waals surface area contributed by atoms with Crippen molar-refractivity contribution in [1.29, 1.82) is 0 Å². The maximum absolute atomic E-state index is 3.23. The number of nitrogens with zero attached hydrogens (tertiary/aromatic N) is 1. The van der Waals surface area contributed by atoms with Gasteiger partial charge in [-0.2, -0.15) is 0 Å². The van der Waals surface area contributed by atoms with Gasteiger partial charge in [0.2, 0.25) is 0 Å². The first kappa shape index (κ1) is 6.08. The van der Waals surface area contributed by atoms with Crippen molar-refractivity contribution < 1.29 is 0 Å². The van der Waals surface area contributed by atoms with Gasteiger partial charge in [0.15, 0.2) is 0 Å². The van der Waals surface area contributed by atoms with Gasteiger partial charge in [0.25, 0.3) is 0 Å². The predicted molar refractivity (Wildman–Crippen MR) is 41.7 cm³/mol. The third-order valence-corrected chi connectivity index (χ3v) is 3.10. The van der Waals surface area contributed by atoms with Crippen LogP contribution in [0.4, 0.5) is 0 Å². The SMILES string of the molecule is CC1=CC=CN2[Se]NC=C12. The van der Waals surface area contributed by atoms with Gasteiger partial charge in [0.05, 0.1) is 0 Å². The van der Waals surface area contributed by atoms with E-state index in [2.05, 4.69) is 39.7 Å². The molecule has 2 heterocycles. The van der Waals surface area contributed by atoms with Gasteiger partial charge in [0, 0.05) is 0 Å². The number of allylic oxidation sites excluding steroid dienone is 3. The van der Waals surface area contributed by atoms with E-state index in [0.29, 0.717) is 15.4 Å². The van der Waals surface area contributed by atoms with Crippen LogP contribution in [0.25, 0.3) is 0 Å². The molecular formula is C7H8N2Se. The monoisotopic (exact) mass is 200 g/mol. The first-order valence-electron chi connectivity index (χ1n) is 3.15. The average Bonchev–Trinajstić information content (AvgIpc) is 2.36. The normalized spacial score (nSPS) is 21.5. The third-order valence-electron chi connectivity index (χ3n) is 1.56. The molecule has 2 aliphatic heterocycles. The van der Waals surface area contributed by atoms with Gasteiger partial charge in [-0.1, -0.05) is 0 Å². The first-order chi connectivity index (χ1) is 4.88. The Morgan fingerprint density at radius 1 is 1.60 bits per heavy atom. The van der Waals surface area contributed by atoms with E-state index in [1.807, 2.05) is 0 Å². The van der Waals surface area contributed by atoms with Crippen molar-refractivity contribution in [2.24, 2.45) is 0 Å². The quantitative estimate of drug-likeness (QED) is 0.579. The predicted octanol–water partition coefficient (Wildman–Crippen LogP) is 0.741. The summed E-state index contributed by atoms with van der Waals surface area (Å²) in [6.07, 6.45) is 8.40. The molecule has 2 rings (SSSR count). The molecule has 3 heteroatoms. The van der Waals surface area contributed by atoms with Crippen molar-refractivity contribution in [3.63, 3.8) is 0 Å². The third kappa shape index (κ3) is 0.789. The molecule has 0 aliphatic carbocycles. The standard InChI is InChI=1S/C7H8N2Se/c1-6-3-2-4-9-7(6)5-8-10-9/h2-5,8H,1H3. The molecule has 2 aliphatic rings. The van der Waals surface area contributed by atoms with Gasteiger partial charge in [0.1, 0.15) is 0 Å². The van der Waals surface area contributed by atoms with Crippen LogP contribution in [-0.4, -0.2) is 19.3 Å². The summed E-state index contributed by atoms with van der Waals surface area (Å²) in [5.41, 5.74) is 2.66. The van der Waals surface area contributed by atoms with E-state index in [9.17, 15) is 0 Å². The minimum absolute atomic E-state index is 0.404. The average molecular weight is 199 g/mol. The summed E-state index contributed by atoms with van der Waals surface area (Å²) in [6.45, 7) is 2.13. The zero-order valence-corrected chi connectivity index (χ0v) is 7.38. The molecular weight excluding hydrogens is 191 g/mol. The molecule has 0 saturated heterocycles. The Balaban J connectivity index is 2.38. The van der Waals surface area contributed by atoms with Crippen LogP contribution in [0.2, 0.25) is 0 Å². The van der Waals surface area contributed by atoms with Crippen molar-refractivity contribution >= 4 is 15.4 Å². The summed E-state index contributed by atoms with van der Waals surface area (Å²) in [5.74, 6) is 0. The number of rotatable bonds is 0. The van der Waals surface area contributed by atoms with E-state index in [0.717, 1.165) is 0 Å². The molecule has 1 N–H and O–H groups in total. The van der Waals surface area contributed by atoms with Gasteiger partial charge in [-0.3, -0.25) is 0 Å². The van der Waals surface area contributed by atoms with Crippen LogP contribution in [-0.2, 0) is 0 Å². The second-order valence-electron chi connectivity index (χ2n) is 2.26. The van der Waals surface area contributed by atoms with Crippen LogP contribution in [0.15, 0.2) is 35.8 Å². The topological polar surface area (TPSA) is 15.3 Å². The fourth-order valence-corrected chi connectivity index (χ4v) is 2.48. The Labute approximate surface area is 66.9 Å². The van der Waals surface area contributed by atoms with Crippen molar-refractivity contribution in [3.8, 4) is 0 Å². The Hall–Kier alpha value is -0.661. The van der Waals surface area contributed by atoms with Crippen molar-refractivity contribution in [1.82, 2.24) is 8.25 Å². The van der Waals surface area contributed by atoms with E-state index < -0.39 is 0 Å². The summed E-state index contributed by atoms with van der Waals surface area (Å²) in [4.78, 5) is 0. The van der Waals surface area contributed by atoms with E-state index in [1.54, 1.807) is 0 Å². The Kier molecular flexibility index (Phi) is 1.33. The summed E-state index contributed by atoms with van der Waals surface area (Å²) in [6, 6.07) is 0. The summed E-state index contributed by atoms with van der Waals surface area (Å²) < 4.78 is 5.48. The molecule has 0 unspecified atom stereocenters. The maximum atomic E-state index is 3.23. The first-order valence-corrected chi connectivity index (χ1v) is 4.77. The van der Waals surface area contributed by atoms with Crippen molar-refractivity contribution in [2.75, 3.05) is 0 Å². The fourth-order valence-electron chi connectivity index (χ4n) is 1.00. The molecule has 0 spiro atoms.